The van der Waals surface area contributed by atoms with Crippen LogP contribution in [0.1, 0.15) is 7.43 Å². The molecule has 0 rings (SSSR count). The van der Waals surface area contributed by atoms with Gasteiger partial charge < -0.3 is 6.15 Å². The molecule has 0 bridgehead atoms. The van der Waals surface area contributed by atoms with Crippen LogP contribution < -0.4 is 6.15 Å². The molecule has 0 aliphatic heterocycles. The van der Waals surface area contributed by atoms with E-state index < -0.39 is 0 Å². The van der Waals surface area contributed by atoms with Crippen LogP contribution in [-0.2, 0) is 37.5 Å². The topological polar surface area (TPSA) is 35.0 Å². The van der Waals surface area contributed by atoms with E-state index in [1.807, 2.05) is 0 Å². The zero-order chi connectivity index (χ0) is 0. The molecular formula is CH7FeNPd. The standard InChI is InChI=1S/CH4.Fe.H3N.Pd/h1H4;;1H3;. The number of hydrogen-bond donors (Lipinski definition) is 1. The minimum atomic E-state index is 0. The van der Waals surface area contributed by atoms with Crippen LogP contribution in [0.5, 0.6) is 0 Å². The first-order valence-corrected chi connectivity index (χ1v) is 0. The first-order valence-electron chi connectivity index (χ1n) is 0. The van der Waals surface area contributed by atoms with Crippen LogP contribution in [0.2, 0.25) is 0 Å². The maximum atomic E-state index is 0. The molecule has 1 nitrogen and oxygen atoms in total. The molecule has 0 aliphatic rings. The Balaban J connectivity index is 0. The van der Waals surface area contributed by atoms with E-state index in [0.717, 1.165) is 0 Å². The molecule has 0 spiro atoms. The van der Waals surface area contributed by atoms with Gasteiger partial charge in [0.25, 0.3) is 0 Å². The van der Waals surface area contributed by atoms with Gasteiger partial charge in [-0.15, -0.1) is 0 Å². The second kappa shape index (κ2) is 31.4. The summed E-state index contributed by atoms with van der Waals surface area (Å²) in [6.07, 6.45) is 0. The molecule has 0 aromatic rings. The minimum absolute atomic E-state index is 0. The maximum absolute atomic E-state index is 0. The summed E-state index contributed by atoms with van der Waals surface area (Å²) in [5.41, 5.74) is 0. The van der Waals surface area contributed by atoms with Gasteiger partial charge in [0.05, 0.1) is 0 Å². The van der Waals surface area contributed by atoms with Gasteiger partial charge in [0.2, 0.25) is 0 Å². The molecule has 0 aliphatic carbocycles. The van der Waals surface area contributed by atoms with E-state index >= 15 is 0 Å². The molecule has 34 valence electrons. The maximum Gasteiger partial charge on any atom is 0 e. The largest absolute Gasteiger partial charge is 0.344 e. The predicted octanol–water partition coefficient (Wildman–Crippen LogP) is 0.793. The van der Waals surface area contributed by atoms with Crippen molar-refractivity contribution >= 4 is 0 Å². The van der Waals surface area contributed by atoms with E-state index in [-0.39, 0.29) is 51.1 Å². The Hall–Kier alpha value is 1.14. The van der Waals surface area contributed by atoms with Gasteiger partial charge in [0.1, 0.15) is 0 Å². The Morgan fingerprint density at radius 1 is 1.00 bits per heavy atom. The summed E-state index contributed by atoms with van der Waals surface area (Å²) in [5.74, 6) is 0. The van der Waals surface area contributed by atoms with Gasteiger partial charge in [-0.25, -0.2) is 0 Å². The Morgan fingerprint density at radius 2 is 1.00 bits per heavy atom. The van der Waals surface area contributed by atoms with Crippen molar-refractivity contribution in [2.24, 2.45) is 0 Å². The van der Waals surface area contributed by atoms with Crippen molar-refractivity contribution < 1.29 is 37.5 Å². The first-order chi connectivity index (χ1) is 0. The van der Waals surface area contributed by atoms with Crippen LogP contribution in [0, 0.1) is 0 Å². The van der Waals surface area contributed by atoms with E-state index in [1.54, 1.807) is 0 Å². The summed E-state index contributed by atoms with van der Waals surface area (Å²) in [5, 5.41) is 0. The Morgan fingerprint density at radius 3 is 1.00 bits per heavy atom. The minimum Gasteiger partial charge on any atom is -0.344 e. The molecule has 0 amide bonds. The van der Waals surface area contributed by atoms with Crippen LogP contribution in [0.3, 0.4) is 0 Å². The van der Waals surface area contributed by atoms with Crippen molar-refractivity contribution in [2.45, 2.75) is 7.43 Å². The van der Waals surface area contributed by atoms with Crippen LogP contribution >= 0.6 is 0 Å². The molecule has 0 atom stereocenters. The zero-order valence-electron chi connectivity index (χ0n) is 1.38. The Kier molecular flexibility index (Phi) is 530. The van der Waals surface area contributed by atoms with E-state index in [0.29, 0.717) is 0 Å². The molecule has 0 fully saturated rings. The molecule has 0 unspecified atom stereocenters. The van der Waals surface area contributed by atoms with Crippen molar-refractivity contribution in [1.29, 1.82) is 0 Å². The van der Waals surface area contributed by atoms with Crippen molar-refractivity contribution in [1.82, 2.24) is 6.15 Å². The normalized spacial score (nSPS) is 0. The van der Waals surface area contributed by atoms with Gasteiger partial charge in [0.15, 0.2) is 0 Å². The van der Waals surface area contributed by atoms with Crippen LogP contribution in [0.15, 0.2) is 0 Å². The van der Waals surface area contributed by atoms with Crippen LogP contribution in [0.25, 0.3) is 0 Å². The predicted molar refractivity (Wildman–Crippen MR) is 11.8 cm³/mol. The summed E-state index contributed by atoms with van der Waals surface area (Å²) >= 11 is 0. The molecule has 4 heavy (non-hydrogen) atoms. The van der Waals surface area contributed by atoms with Gasteiger partial charge in [-0.3, -0.25) is 0 Å². The SMILES string of the molecule is C.N.[Fe].[Pd]. The fourth-order valence-corrected chi connectivity index (χ4v) is 0. The second-order valence-electron chi connectivity index (χ2n) is 0. The third-order valence-electron chi connectivity index (χ3n) is 0. The third kappa shape index (κ3) is 11.1. The summed E-state index contributed by atoms with van der Waals surface area (Å²) in [7, 11) is 0. The zero-order valence-corrected chi connectivity index (χ0v) is 4.04. The second-order valence-corrected chi connectivity index (χ2v) is 0. The fraction of sp³-hybridized carbons (Fsp3) is 1.00. The molecule has 0 saturated heterocycles. The molecule has 0 radical (unpaired) electrons. The molecule has 3 N–H and O–H groups in total. The van der Waals surface area contributed by atoms with Gasteiger partial charge in [0, 0.05) is 37.5 Å². The average molecular weight is 195 g/mol. The smallest absolute Gasteiger partial charge is 0 e. The fourth-order valence-electron chi connectivity index (χ4n) is 0. The van der Waals surface area contributed by atoms with E-state index in [9.17, 15) is 0 Å². The molecule has 3 heteroatoms. The van der Waals surface area contributed by atoms with Crippen molar-refractivity contribution in [2.75, 3.05) is 0 Å². The van der Waals surface area contributed by atoms with Gasteiger partial charge in [-0.1, -0.05) is 7.43 Å². The van der Waals surface area contributed by atoms with Gasteiger partial charge >= 0.3 is 0 Å². The average Bonchev–Trinajstić information content (AvgIpc) is 0. The Bertz CT molecular complexity index is 8.00. The van der Waals surface area contributed by atoms with Crippen LogP contribution in [-0.4, -0.2) is 0 Å². The molecule has 0 aromatic carbocycles. The van der Waals surface area contributed by atoms with Gasteiger partial charge in [-0.2, -0.15) is 0 Å². The summed E-state index contributed by atoms with van der Waals surface area (Å²) in [6, 6.07) is 0. The monoisotopic (exact) mass is 195 g/mol. The Labute approximate surface area is 51.2 Å². The van der Waals surface area contributed by atoms with E-state index in [2.05, 4.69) is 0 Å². The molecule has 0 saturated carbocycles. The molecular weight excluding hydrogens is 188 g/mol. The summed E-state index contributed by atoms with van der Waals surface area (Å²) in [6.45, 7) is 0. The van der Waals surface area contributed by atoms with Crippen LogP contribution in [0.4, 0.5) is 0 Å². The van der Waals surface area contributed by atoms with Crippen molar-refractivity contribution in [3.8, 4) is 0 Å². The summed E-state index contributed by atoms with van der Waals surface area (Å²) < 4.78 is 0. The van der Waals surface area contributed by atoms with E-state index in [4.69, 9.17) is 0 Å². The summed E-state index contributed by atoms with van der Waals surface area (Å²) in [4.78, 5) is 0. The first kappa shape index (κ1) is 67.7. The van der Waals surface area contributed by atoms with E-state index in [1.165, 1.54) is 0 Å². The third-order valence-corrected chi connectivity index (χ3v) is 0. The van der Waals surface area contributed by atoms with Gasteiger partial charge in [-0.05, 0) is 0 Å². The van der Waals surface area contributed by atoms with Crippen molar-refractivity contribution in [3.63, 3.8) is 0 Å². The molecule has 0 aromatic heterocycles. The van der Waals surface area contributed by atoms with Crippen molar-refractivity contribution in [3.05, 3.63) is 0 Å². The quantitative estimate of drug-likeness (QED) is 0.570. The number of rotatable bonds is 0. The molecule has 0 heterocycles. The number of hydrogen-bond acceptors (Lipinski definition) is 1.